The minimum absolute atomic E-state index is 0.00193. The number of amides is 3. The van der Waals surface area contributed by atoms with Crippen LogP contribution in [0.25, 0.3) is 5.57 Å². The van der Waals surface area contributed by atoms with Crippen LogP contribution in [0.3, 0.4) is 0 Å². The van der Waals surface area contributed by atoms with Gasteiger partial charge in [-0.25, -0.2) is 8.78 Å². The molecule has 2 fully saturated rings. The van der Waals surface area contributed by atoms with Crippen LogP contribution in [-0.2, 0) is 27.3 Å². The lowest BCUT2D eigenvalue weighted by Gasteiger charge is -2.45. The van der Waals surface area contributed by atoms with Gasteiger partial charge in [-0.15, -0.1) is 0 Å². The van der Waals surface area contributed by atoms with E-state index in [9.17, 15) is 27.6 Å². The first kappa shape index (κ1) is 35.5. The number of hydrogen-bond donors (Lipinski definition) is 2. The van der Waals surface area contributed by atoms with Crippen LogP contribution in [-0.4, -0.2) is 65.3 Å². The normalized spacial score (nSPS) is 18.6. The molecule has 2 heterocycles. The van der Waals surface area contributed by atoms with Crippen LogP contribution in [0.4, 0.5) is 13.2 Å². The average Bonchev–Trinajstić information content (AvgIpc) is 3.94. The van der Waals surface area contributed by atoms with Crippen LogP contribution in [0.5, 0.6) is 5.75 Å². The quantitative estimate of drug-likeness (QED) is 0.159. The number of fused-ring (bicyclic) bond motifs is 2. The molecule has 6 rings (SSSR count). The number of nitrogens with one attached hydrogen (secondary N) is 1. The fraction of sp³-hybridized carbons (Fsp3) is 0.395. The van der Waals surface area contributed by atoms with Gasteiger partial charge in [0.25, 0.3) is 5.91 Å². The molecule has 3 amide bonds. The molecule has 2 aliphatic heterocycles. The predicted octanol–water partition coefficient (Wildman–Crippen LogP) is 5.94. The number of primary amides is 1. The minimum atomic E-state index is -1.34. The molecular formula is C38H40ClF3N4O4. The molecule has 2 atom stereocenters. The molecule has 50 heavy (non-hydrogen) atoms. The zero-order valence-corrected chi connectivity index (χ0v) is 28.4. The van der Waals surface area contributed by atoms with Crippen molar-refractivity contribution in [3.8, 4) is 5.75 Å². The van der Waals surface area contributed by atoms with Gasteiger partial charge in [0, 0.05) is 55.2 Å². The molecule has 3 aromatic carbocycles. The van der Waals surface area contributed by atoms with E-state index in [4.69, 9.17) is 22.1 Å². The van der Waals surface area contributed by atoms with Crippen molar-refractivity contribution < 1.29 is 32.3 Å². The van der Waals surface area contributed by atoms with Crippen molar-refractivity contribution in [2.75, 3.05) is 19.7 Å². The van der Waals surface area contributed by atoms with Crippen LogP contribution < -0.4 is 15.8 Å². The molecule has 0 radical (unpaired) electrons. The van der Waals surface area contributed by atoms with Gasteiger partial charge in [-0.1, -0.05) is 54.1 Å². The highest BCUT2D eigenvalue weighted by Gasteiger charge is 2.43. The van der Waals surface area contributed by atoms with Crippen molar-refractivity contribution in [2.45, 2.75) is 76.0 Å². The fourth-order valence-corrected chi connectivity index (χ4v) is 7.02. The number of carbonyl (C=O) groups excluding carboxylic acids is 3. The Kier molecular flexibility index (Phi) is 11.1. The van der Waals surface area contributed by atoms with Crippen molar-refractivity contribution in [3.63, 3.8) is 0 Å². The number of hydrogen-bond acceptors (Lipinski definition) is 5. The number of carbonyl (C=O) groups is 3. The van der Waals surface area contributed by atoms with Crippen LogP contribution in [0.15, 0.2) is 66.2 Å². The van der Waals surface area contributed by atoms with Gasteiger partial charge in [0.15, 0.2) is 17.4 Å². The average molecular weight is 709 g/mol. The first-order valence-electron chi connectivity index (χ1n) is 17.0. The van der Waals surface area contributed by atoms with Gasteiger partial charge in [-0.3, -0.25) is 14.4 Å². The summed E-state index contributed by atoms with van der Waals surface area (Å²) in [7, 11) is 0. The highest BCUT2D eigenvalue weighted by atomic mass is 35.5. The largest absolute Gasteiger partial charge is 0.488 e. The Morgan fingerprint density at radius 2 is 1.68 bits per heavy atom. The summed E-state index contributed by atoms with van der Waals surface area (Å²) in [6.45, 7) is 1.17. The molecule has 8 nitrogen and oxygen atoms in total. The second-order valence-corrected chi connectivity index (χ2v) is 13.6. The Labute approximate surface area is 294 Å². The van der Waals surface area contributed by atoms with E-state index in [0.29, 0.717) is 55.9 Å². The lowest BCUT2D eigenvalue weighted by atomic mass is 9.82. The molecule has 2 bridgehead atoms. The maximum absolute atomic E-state index is 14.7. The molecule has 0 spiro atoms. The van der Waals surface area contributed by atoms with Gasteiger partial charge in [0.05, 0.1) is 12.6 Å². The molecule has 1 saturated heterocycles. The fourth-order valence-electron chi connectivity index (χ4n) is 6.82. The topological polar surface area (TPSA) is 105 Å². The van der Waals surface area contributed by atoms with E-state index in [1.807, 2.05) is 53.4 Å². The molecule has 0 aromatic heterocycles. The summed E-state index contributed by atoms with van der Waals surface area (Å²) in [4.78, 5) is 42.8. The summed E-state index contributed by atoms with van der Waals surface area (Å²) >= 11 is 6.53. The number of benzene rings is 3. The maximum atomic E-state index is 14.7. The third-order valence-corrected chi connectivity index (χ3v) is 9.88. The van der Waals surface area contributed by atoms with Crippen molar-refractivity contribution >= 4 is 34.9 Å². The highest BCUT2D eigenvalue weighted by Crippen LogP contribution is 2.38. The summed E-state index contributed by atoms with van der Waals surface area (Å²) in [5.74, 6) is -4.79. The Morgan fingerprint density at radius 3 is 2.40 bits per heavy atom. The molecule has 12 heteroatoms. The van der Waals surface area contributed by atoms with Crippen molar-refractivity contribution in [1.82, 2.24) is 15.1 Å². The lowest BCUT2D eigenvalue weighted by molar-refractivity contribution is -0.134. The lowest BCUT2D eigenvalue weighted by Crippen LogP contribution is -2.62. The van der Waals surface area contributed by atoms with Gasteiger partial charge >= 0.3 is 0 Å². The third-order valence-electron chi connectivity index (χ3n) is 9.51. The molecule has 3 aromatic rings. The van der Waals surface area contributed by atoms with Gasteiger partial charge in [-0.2, -0.15) is 4.39 Å². The number of nitrogens with two attached hydrogens (primary N) is 1. The molecule has 264 valence electrons. The van der Waals surface area contributed by atoms with E-state index in [0.717, 1.165) is 47.2 Å². The summed E-state index contributed by atoms with van der Waals surface area (Å²) in [6.07, 6.45) is 4.07. The van der Waals surface area contributed by atoms with Crippen LogP contribution in [0.2, 0.25) is 5.02 Å². The van der Waals surface area contributed by atoms with Gasteiger partial charge in [0.1, 0.15) is 0 Å². The monoisotopic (exact) mass is 708 g/mol. The molecule has 0 unspecified atom stereocenters. The maximum Gasteiger partial charge on any atom is 0.252 e. The van der Waals surface area contributed by atoms with Gasteiger partial charge < -0.3 is 25.6 Å². The molecule has 1 saturated carbocycles. The zero-order chi connectivity index (χ0) is 35.4. The second-order valence-electron chi connectivity index (χ2n) is 13.2. The second kappa shape index (κ2) is 15.7. The summed E-state index contributed by atoms with van der Waals surface area (Å²) in [5.41, 5.74) is 9.58. The Hall–Kier alpha value is -4.35. The first-order chi connectivity index (χ1) is 24.1. The Balaban J connectivity index is 1.22. The molecule has 1 aliphatic carbocycles. The Bertz CT molecular complexity index is 1780. The summed E-state index contributed by atoms with van der Waals surface area (Å²) in [6, 6.07) is 16.6. The van der Waals surface area contributed by atoms with Gasteiger partial charge in [0.2, 0.25) is 17.6 Å². The highest BCUT2D eigenvalue weighted by molar-refractivity contribution is 6.31. The van der Waals surface area contributed by atoms with Crippen molar-refractivity contribution in [2.24, 2.45) is 5.73 Å². The predicted molar refractivity (Wildman–Crippen MR) is 183 cm³/mol. The van der Waals surface area contributed by atoms with Crippen LogP contribution in [0, 0.1) is 17.5 Å². The van der Waals surface area contributed by atoms with Gasteiger partial charge in [-0.05, 0) is 79.0 Å². The first-order valence-corrected chi connectivity index (χ1v) is 17.4. The number of aryl methyl sites for hydroxylation is 1. The standard InChI is InChI=1S/C38H40ClF3N4O4/c39-29-7-2-1-6-25(29)20-46(27-14-15-27)38(49)35-28(19-26-21-45(22-32(35)44-26)34(48)9-3-8-33(43)47)24-12-10-23(11-13-24)5-4-18-50-37-31(41)17-16-30(40)36(37)42/h1-2,6-7,10-13,16-17,26-27,32,44H,3-5,8-9,14-15,18-22H2,(H2,43,47)/t26-,32-/m1/s1. The third kappa shape index (κ3) is 8.33. The smallest absolute Gasteiger partial charge is 0.252 e. The molecular weight excluding hydrogens is 669 g/mol. The van der Waals surface area contributed by atoms with E-state index >= 15 is 0 Å². The van der Waals surface area contributed by atoms with E-state index in [1.54, 1.807) is 4.90 Å². The zero-order valence-electron chi connectivity index (χ0n) is 27.6. The number of piperazine rings is 1. The van der Waals surface area contributed by atoms with E-state index in [2.05, 4.69) is 5.32 Å². The van der Waals surface area contributed by atoms with Crippen molar-refractivity contribution in [1.29, 1.82) is 0 Å². The number of halogens is 4. The Morgan fingerprint density at radius 1 is 0.940 bits per heavy atom. The van der Waals surface area contributed by atoms with E-state index in [-0.39, 0.29) is 43.3 Å². The van der Waals surface area contributed by atoms with E-state index < -0.39 is 35.2 Å². The number of ether oxygens (including phenoxy) is 1. The number of rotatable bonds is 14. The van der Waals surface area contributed by atoms with Crippen LogP contribution >= 0.6 is 11.6 Å². The van der Waals surface area contributed by atoms with Crippen LogP contribution in [0.1, 0.15) is 61.6 Å². The molecule has 3 aliphatic rings. The molecule has 3 N–H and O–H groups in total. The van der Waals surface area contributed by atoms with Crippen molar-refractivity contribution in [3.05, 3.63) is 105 Å². The SMILES string of the molecule is NC(=O)CCCC(=O)N1C[C@H]2CC(c3ccc(CCCOc4c(F)ccc(F)c4F)cc3)=C(C(=O)N(Cc3ccccc3Cl)C3CC3)[C@@H](C1)N2. The summed E-state index contributed by atoms with van der Waals surface area (Å²) < 4.78 is 46.6. The number of nitrogens with zero attached hydrogens (tertiary/aromatic N) is 2. The minimum Gasteiger partial charge on any atom is -0.488 e. The van der Waals surface area contributed by atoms with E-state index in [1.165, 1.54) is 0 Å². The summed E-state index contributed by atoms with van der Waals surface area (Å²) in [5, 5.41) is 4.21.